The molecule has 1 unspecified atom stereocenters. The Morgan fingerprint density at radius 2 is 2.00 bits per heavy atom. The molecule has 1 aromatic rings. The Balaban J connectivity index is 2.39. The fourth-order valence-corrected chi connectivity index (χ4v) is 2.27. The molecule has 0 aromatic heterocycles. The van der Waals surface area contributed by atoms with E-state index in [2.05, 4.69) is 11.9 Å². The molecule has 130 valence electrons. The summed E-state index contributed by atoms with van der Waals surface area (Å²) < 4.78 is 29.6. The van der Waals surface area contributed by atoms with Crippen molar-refractivity contribution in [2.75, 3.05) is 37.3 Å². The molecule has 0 saturated carbocycles. The van der Waals surface area contributed by atoms with Gasteiger partial charge in [0.1, 0.15) is 18.5 Å². The molecule has 0 fully saturated rings. The standard InChI is InChI=1S/C16H26N2O4S/c1-13(2)9-10-17-11-15(19)12-22-16-7-5-14(6-8-16)18(3)23(4,20)21/h5-8,15,17,19H,1,9-12H2,2-4H3. The van der Waals surface area contributed by atoms with E-state index in [9.17, 15) is 13.5 Å². The fourth-order valence-electron chi connectivity index (χ4n) is 1.77. The van der Waals surface area contributed by atoms with Crippen LogP contribution in [-0.4, -0.2) is 52.6 Å². The highest BCUT2D eigenvalue weighted by Gasteiger charge is 2.11. The zero-order valence-corrected chi connectivity index (χ0v) is 14.8. The first kappa shape index (κ1) is 19.5. The maximum Gasteiger partial charge on any atom is 0.231 e. The summed E-state index contributed by atoms with van der Waals surface area (Å²) in [5.41, 5.74) is 1.66. The second-order valence-electron chi connectivity index (χ2n) is 5.60. The summed E-state index contributed by atoms with van der Waals surface area (Å²) in [6, 6.07) is 6.68. The Morgan fingerprint density at radius 3 is 2.52 bits per heavy atom. The SMILES string of the molecule is C=C(C)CCNCC(O)COc1ccc(N(C)S(C)(=O)=O)cc1. The normalized spacial score (nSPS) is 12.7. The molecule has 1 atom stereocenters. The van der Waals surface area contributed by atoms with Crippen LogP contribution >= 0.6 is 0 Å². The first-order valence-corrected chi connectivity index (χ1v) is 9.25. The molecule has 7 heteroatoms. The lowest BCUT2D eigenvalue weighted by molar-refractivity contribution is 0.106. The Labute approximate surface area is 138 Å². The molecule has 1 aromatic carbocycles. The second kappa shape index (κ2) is 8.90. The topological polar surface area (TPSA) is 78.9 Å². The van der Waals surface area contributed by atoms with Crippen LogP contribution in [0.3, 0.4) is 0 Å². The molecular weight excluding hydrogens is 316 g/mol. The molecule has 2 N–H and O–H groups in total. The van der Waals surface area contributed by atoms with E-state index in [4.69, 9.17) is 4.74 Å². The Hall–Kier alpha value is -1.57. The van der Waals surface area contributed by atoms with Gasteiger partial charge in [-0.1, -0.05) is 5.57 Å². The molecule has 0 spiro atoms. The number of rotatable bonds is 10. The summed E-state index contributed by atoms with van der Waals surface area (Å²) in [5, 5.41) is 13.0. The van der Waals surface area contributed by atoms with Gasteiger partial charge in [-0.25, -0.2) is 8.42 Å². The Bertz CT molecular complexity index is 599. The average Bonchev–Trinajstić information content (AvgIpc) is 2.48. The highest BCUT2D eigenvalue weighted by atomic mass is 32.2. The van der Waals surface area contributed by atoms with Crippen LogP contribution in [0.15, 0.2) is 36.4 Å². The van der Waals surface area contributed by atoms with Gasteiger partial charge in [-0.15, -0.1) is 6.58 Å². The van der Waals surface area contributed by atoms with Crippen LogP contribution in [0.25, 0.3) is 0 Å². The summed E-state index contributed by atoms with van der Waals surface area (Å²) in [6.45, 7) is 7.17. The van der Waals surface area contributed by atoms with Crippen LogP contribution in [0.2, 0.25) is 0 Å². The van der Waals surface area contributed by atoms with Crippen molar-refractivity contribution in [2.24, 2.45) is 0 Å². The van der Waals surface area contributed by atoms with Gasteiger partial charge in [0.25, 0.3) is 0 Å². The quantitative estimate of drug-likeness (QED) is 0.496. The van der Waals surface area contributed by atoms with Gasteiger partial charge >= 0.3 is 0 Å². The maximum atomic E-state index is 11.4. The number of nitrogens with one attached hydrogen (secondary N) is 1. The lowest BCUT2D eigenvalue weighted by Crippen LogP contribution is -2.32. The van der Waals surface area contributed by atoms with Crippen molar-refractivity contribution in [1.82, 2.24) is 5.32 Å². The largest absolute Gasteiger partial charge is 0.491 e. The summed E-state index contributed by atoms with van der Waals surface area (Å²) in [4.78, 5) is 0. The first-order valence-electron chi connectivity index (χ1n) is 7.40. The molecule has 0 aliphatic rings. The number of hydrogen-bond donors (Lipinski definition) is 2. The number of benzene rings is 1. The van der Waals surface area contributed by atoms with Crippen LogP contribution in [0, 0.1) is 0 Å². The minimum Gasteiger partial charge on any atom is -0.491 e. The van der Waals surface area contributed by atoms with E-state index in [0.29, 0.717) is 18.0 Å². The molecule has 6 nitrogen and oxygen atoms in total. The Kier molecular flexibility index (Phi) is 7.54. The van der Waals surface area contributed by atoms with Gasteiger partial charge < -0.3 is 15.2 Å². The van der Waals surface area contributed by atoms with Gasteiger partial charge in [-0.2, -0.15) is 0 Å². The van der Waals surface area contributed by atoms with E-state index in [1.807, 2.05) is 6.92 Å². The fraction of sp³-hybridized carbons (Fsp3) is 0.500. The molecule has 0 aliphatic heterocycles. The zero-order valence-electron chi connectivity index (χ0n) is 13.9. The minimum absolute atomic E-state index is 0.168. The third-order valence-electron chi connectivity index (χ3n) is 3.25. The van der Waals surface area contributed by atoms with Crippen LogP contribution in [-0.2, 0) is 10.0 Å². The number of anilines is 1. The van der Waals surface area contributed by atoms with Gasteiger partial charge in [0.2, 0.25) is 10.0 Å². The highest BCUT2D eigenvalue weighted by molar-refractivity contribution is 7.92. The highest BCUT2D eigenvalue weighted by Crippen LogP contribution is 2.20. The third-order valence-corrected chi connectivity index (χ3v) is 4.45. The molecule has 23 heavy (non-hydrogen) atoms. The number of hydrogen-bond acceptors (Lipinski definition) is 5. The lowest BCUT2D eigenvalue weighted by Gasteiger charge is -2.17. The summed E-state index contributed by atoms with van der Waals surface area (Å²) in [6.07, 6.45) is 1.41. The predicted octanol–water partition coefficient (Wildman–Crippen LogP) is 1.38. The van der Waals surface area contributed by atoms with Gasteiger partial charge in [-0.05, 0) is 44.2 Å². The van der Waals surface area contributed by atoms with Crippen molar-refractivity contribution in [3.8, 4) is 5.75 Å². The van der Waals surface area contributed by atoms with E-state index >= 15 is 0 Å². The monoisotopic (exact) mass is 342 g/mol. The van der Waals surface area contributed by atoms with Crippen LogP contribution in [0.1, 0.15) is 13.3 Å². The molecule has 0 bridgehead atoms. The van der Waals surface area contributed by atoms with Gasteiger partial charge in [0.05, 0.1) is 11.9 Å². The lowest BCUT2D eigenvalue weighted by atomic mass is 10.2. The van der Waals surface area contributed by atoms with E-state index in [1.54, 1.807) is 24.3 Å². The van der Waals surface area contributed by atoms with E-state index in [1.165, 1.54) is 11.4 Å². The van der Waals surface area contributed by atoms with Gasteiger partial charge in [0.15, 0.2) is 0 Å². The molecule has 0 aliphatic carbocycles. The second-order valence-corrected chi connectivity index (χ2v) is 7.61. The number of aliphatic hydroxyl groups is 1. The molecule has 0 saturated heterocycles. The summed E-state index contributed by atoms with van der Waals surface area (Å²) in [5.74, 6) is 0.580. The molecule has 0 radical (unpaired) electrons. The van der Waals surface area contributed by atoms with E-state index < -0.39 is 16.1 Å². The van der Waals surface area contributed by atoms with Crippen molar-refractivity contribution in [2.45, 2.75) is 19.4 Å². The maximum absolute atomic E-state index is 11.4. The number of sulfonamides is 1. The molecule has 0 amide bonds. The van der Waals surface area contributed by atoms with Crippen molar-refractivity contribution in [3.05, 3.63) is 36.4 Å². The van der Waals surface area contributed by atoms with Crippen LogP contribution in [0.4, 0.5) is 5.69 Å². The van der Waals surface area contributed by atoms with Gasteiger partial charge in [-0.3, -0.25) is 4.31 Å². The number of aliphatic hydroxyl groups excluding tert-OH is 1. The van der Waals surface area contributed by atoms with Gasteiger partial charge in [0, 0.05) is 13.6 Å². The summed E-state index contributed by atoms with van der Waals surface area (Å²) in [7, 11) is -1.78. The average molecular weight is 342 g/mol. The summed E-state index contributed by atoms with van der Waals surface area (Å²) >= 11 is 0. The minimum atomic E-state index is -3.28. The molecule has 1 rings (SSSR count). The predicted molar refractivity (Wildman–Crippen MR) is 93.5 cm³/mol. The Morgan fingerprint density at radius 1 is 1.39 bits per heavy atom. The van der Waals surface area contributed by atoms with Crippen LogP contribution in [0.5, 0.6) is 5.75 Å². The first-order chi connectivity index (χ1) is 10.7. The smallest absolute Gasteiger partial charge is 0.231 e. The number of nitrogens with zero attached hydrogens (tertiary/aromatic N) is 1. The number of ether oxygens (including phenoxy) is 1. The third kappa shape index (κ3) is 7.49. The van der Waals surface area contributed by atoms with E-state index in [-0.39, 0.29) is 6.61 Å². The molecular formula is C16H26N2O4S. The molecule has 0 heterocycles. The van der Waals surface area contributed by atoms with Crippen molar-refractivity contribution in [1.29, 1.82) is 0 Å². The van der Waals surface area contributed by atoms with Crippen LogP contribution < -0.4 is 14.4 Å². The van der Waals surface area contributed by atoms with E-state index in [0.717, 1.165) is 24.8 Å². The zero-order chi connectivity index (χ0) is 17.5. The van der Waals surface area contributed by atoms with Crippen molar-refractivity contribution < 1.29 is 18.3 Å². The van der Waals surface area contributed by atoms with Crippen molar-refractivity contribution >= 4 is 15.7 Å². The van der Waals surface area contributed by atoms with Crippen molar-refractivity contribution in [3.63, 3.8) is 0 Å².